The summed E-state index contributed by atoms with van der Waals surface area (Å²) in [5.74, 6) is -1.81. The highest BCUT2D eigenvalue weighted by atomic mass is 28.4. The molecule has 42 heavy (non-hydrogen) atoms. The molecule has 3 aromatic carbocycles. The van der Waals surface area contributed by atoms with Gasteiger partial charge in [-0.05, 0) is 21.0 Å². The minimum atomic E-state index is -3.03. The Balaban J connectivity index is 1.97. The smallest absolute Gasteiger partial charge is 0.408 e. The van der Waals surface area contributed by atoms with Crippen LogP contribution in [0, 0.1) is 0 Å². The van der Waals surface area contributed by atoms with Crippen molar-refractivity contribution >= 4 is 36.7 Å². The van der Waals surface area contributed by atoms with Crippen LogP contribution < -0.4 is 15.7 Å². The largest absolute Gasteiger partial charge is 0.445 e. The zero-order valence-corrected chi connectivity index (χ0v) is 25.6. The van der Waals surface area contributed by atoms with Gasteiger partial charge in [0.1, 0.15) is 12.7 Å². The third kappa shape index (κ3) is 8.48. The van der Waals surface area contributed by atoms with E-state index in [0.29, 0.717) is 0 Å². The van der Waals surface area contributed by atoms with Crippen LogP contribution in [0.15, 0.2) is 104 Å². The van der Waals surface area contributed by atoms with Crippen molar-refractivity contribution in [2.24, 2.45) is 0 Å². The first kappa shape index (κ1) is 32.5. The van der Waals surface area contributed by atoms with E-state index in [0.717, 1.165) is 22.9 Å². The van der Waals surface area contributed by atoms with E-state index in [4.69, 9.17) is 18.6 Å². The maximum atomic E-state index is 13.2. The average Bonchev–Trinajstić information content (AvgIpc) is 2.97. The normalized spacial score (nSPS) is 13.0. The van der Waals surface area contributed by atoms with Gasteiger partial charge in [0.25, 0.3) is 8.32 Å². The van der Waals surface area contributed by atoms with Crippen LogP contribution in [0.4, 0.5) is 4.79 Å². The molecule has 0 spiro atoms. The van der Waals surface area contributed by atoms with E-state index in [2.05, 4.69) is 32.7 Å². The first-order chi connectivity index (χ1) is 20.1. The number of nitrogens with one attached hydrogen (secondary N) is 1. The molecule has 0 aromatic heterocycles. The molecule has 0 fully saturated rings. The van der Waals surface area contributed by atoms with Crippen LogP contribution in [0.1, 0.15) is 33.3 Å². The monoisotopic (exact) mass is 589 g/mol. The van der Waals surface area contributed by atoms with Crippen molar-refractivity contribution in [1.29, 1.82) is 0 Å². The standard InChI is InChI=1S/C33H39NO7Si/c1-6-22-38-29(30(31(36)41-25(2)35)34-32(37)39-23-26-16-10-7-11-17-26)24-40-42(33(3,4)5,27-18-12-8-13-19-27)28-20-14-9-15-21-28/h6-21,29-30H,1,22-24H2,2-5H3,(H,34,37)/t29?,30-/m0/s1. The minimum absolute atomic E-state index is 0.0160. The van der Waals surface area contributed by atoms with Gasteiger partial charge in [-0.2, -0.15) is 0 Å². The molecule has 1 N–H and O–H groups in total. The fourth-order valence-corrected chi connectivity index (χ4v) is 9.37. The number of ether oxygens (including phenoxy) is 3. The topological polar surface area (TPSA) is 100 Å². The Morgan fingerprint density at radius 2 is 1.40 bits per heavy atom. The third-order valence-electron chi connectivity index (χ3n) is 6.67. The number of esters is 2. The van der Waals surface area contributed by atoms with Crippen molar-refractivity contribution in [3.05, 3.63) is 109 Å². The number of carbonyl (C=O) groups excluding carboxylic acids is 3. The highest BCUT2D eigenvalue weighted by Crippen LogP contribution is 2.37. The summed E-state index contributed by atoms with van der Waals surface area (Å²) in [5, 5.41) is 4.26. The number of hydrogen-bond donors (Lipinski definition) is 1. The fraction of sp³-hybridized carbons (Fsp3) is 0.303. The molecule has 3 rings (SSSR count). The molecule has 9 heteroatoms. The summed E-state index contributed by atoms with van der Waals surface area (Å²) >= 11 is 0. The molecule has 2 atom stereocenters. The summed E-state index contributed by atoms with van der Waals surface area (Å²) in [7, 11) is -3.03. The summed E-state index contributed by atoms with van der Waals surface area (Å²) in [5.41, 5.74) is 0.769. The zero-order chi connectivity index (χ0) is 30.6. The Kier molecular flexibility index (Phi) is 11.8. The molecular formula is C33H39NO7Si. The number of hydrogen-bond acceptors (Lipinski definition) is 7. The number of alkyl carbamates (subject to hydrolysis) is 1. The van der Waals surface area contributed by atoms with Crippen LogP contribution in [0.25, 0.3) is 0 Å². The Morgan fingerprint density at radius 3 is 1.88 bits per heavy atom. The third-order valence-corrected chi connectivity index (χ3v) is 11.7. The van der Waals surface area contributed by atoms with Crippen molar-refractivity contribution in [2.45, 2.75) is 51.5 Å². The van der Waals surface area contributed by atoms with Gasteiger partial charge in [-0.15, -0.1) is 6.58 Å². The van der Waals surface area contributed by atoms with Crippen LogP contribution in [-0.4, -0.2) is 51.7 Å². The molecule has 0 heterocycles. The van der Waals surface area contributed by atoms with Gasteiger partial charge in [0.05, 0.1) is 13.2 Å². The summed E-state index contributed by atoms with van der Waals surface area (Å²) < 4.78 is 23.2. The van der Waals surface area contributed by atoms with Gasteiger partial charge in [0.2, 0.25) is 0 Å². The number of amides is 1. The van der Waals surface area contributed by atoms with Crippen molar-refractivity contribution in [2.75, 3.05) is 13.2 Å². The van der Waals surface area contributed by atoms with Crippen molar-refractivity contribution in [3.8, 4) is 0 Å². The van der Waals surface area contributed by atoms with Gasteiger partial charge in [0, 0.05) is 6.92 Å². The Labute approximate surface area is 248 Å². The average molecular weight is 590 g/mol. The molecule has 0 saturated carbocycles. The Hall–Kier alpha value is -4.05. The lowest BCUT2D eigenvalue weighted by Crippen LogP contribution is -2.67. The lowest BCUT2D eigenvalue weighted by molar-refractivity contribution is -0.162. The summed E-state index contributed by atoms with van der Waals surface area (Å²) in [6.07, 6.45) is -0.389. The van der Waals surface area contributed by atoms with E-state index in [-0.39, 0.29) is 24.9 Å². The lowest BCUT2D eigenvalue weighted by Gasteiger charge is -2.44. The lowest BCUT2D eigenvalue weighted by atomic mass is 10.1. The second-order valence-corrected chi connectivity index (χ2v) is 15.0. The zero-order valence-electron chi connectivity index (χ0n) is 24.6. The first-order valence-electron chi connectivity index (χ1n) is 13.8. The van der Waals surface area contributed by atoms with E-state index in [1.807, 2.05) is 91.0 Å². The Morgan fingerprint density at radius 1 is 0.881 bits per heavy atom. The molecule has 0 aliphatic rings. The van der Waals surface area contributed by atoms with Gasteiger partial charge in [-0.1, -0.05) is 118 Å². The van der Waals surface area contributed by atoms with Gasteiger partial charge in [0.15, 0.2) is 6.04 Å². The van der Waals surface area contributed by atoms with Gasteiger partial charge < -0.3 is 24.0 Å². The van der Waals surface area contributed by atoms with Crippen molar-refractivity contribution < 1.29 is 33.0 Å². The molecule has 3 aromatic rings. The number of carbonyl (C=O) groups is 3. The van der Waals surface area contributed by atoms with Crippen molar-refractivity contribution in [3.63, 3.8) is 0 Å². The minimum Gasteiger partial charge on any atom is -0.445 e. The molecular weight excluding hydrogens is 550 g/mol. The van der Waals surface area contributed by atoms with Crippen LogP contribution in [0.2, 0.25) is 5.04 Å². The molecule has 0 bridgehead atoms. The molecule has 8 nitrogen and oxygen atoms in total. The van der Waals surface area contributed by atoms with E-state index < -0.39 is 38.5 Å². The molecule has 0 aliphatic carbocycles. The van der Waals surface area contributed by atoms with E-state index in [1.54, 1.807) is 0 Å². The van der Waals surface area contributed by atoms with E-state index in [9.17, 15) is 14.4 Å². The fourth-order valence-electron chi connectivity index (χ4n) is 4.80. The SMILES string of the molecule is C=CCOC(CO[Si](c1ccccc1)(c1ccccc1)C(C)(C)C)[C@H](NC(=O)OCc1ccccc1)C(=O)OC(C)=O. The molecule has 0 saturated heterocycles. The first-order valence-corrected chi connectivity index (χ1v) is 15.7. The summed E-state index contributed by atoms with van der Waals surface area (Å²) in [4.78, 5) is 37.8. The second kappa shape index (κ2) is 15.3. The molecule has 222 valence electrons. The quantitative estimate of drug-likeness (QED) is 0.135. The molecule has 0 radical (unpaired) electrons. The highest BCUT2D eigenvalue weighted by Gasteiger charge is 2.51. The van der Waals surface area contributed by atoms with E-state index >= 15 is 0 Å². The summed E-state index contributed by atoms with van der Waals surface area (Å²) in [6.45, 7) is 11.1. The second-order valence-electron chi connectivity index (χ2n) is 10.7. The number of benzene rings is 3. The van der Waals surface area contributed by atoms with Crippen molar-refractivity contribution in [1.82, 2.24) is 5.32 Å². The highest BCUT2D eigenvalue weighted by molar-refractivity contribution is 6.99. The molecule has 0 aliphatic heterocycles. The predicted molar refractivity (Wildman–Crippen MR) is 164 cm³/mol. The maximum Gasteiger partial charge on any atom is 0.408 e. The van der Waals surface area contributed by atoms with Gasteiger partial charge in [-0.25, -0.2) is 9.59 Å². The molecule has 1 amide bonds. The van der Waals surface area contributed by atoms with Crippen LogP contribution in [-0.2, 0) is 34.8 Å². The van der Waals surface area contributed by atoms with Crippen LogP contribution in [0.5, 0.6) is 0 Å². The van der Waals surface area contributed by atoms with Crippen LogP contribution >= 0.6 is 0 Å². The molecule has 1 unspecified atom stereocenters. The van der Waals surface area contributed by atoms with Gasteiger partial charge >= 0.3 is 18.0 Å². The Bertz CT molecular complexity index is 1270. The predicted octanol–water partition coefficient (Wildman–Crippen LogP) is 4.52. The van der Waals surface area contributed by atoms with Crippen LogP contribution in [0.3, 0.4) is 0 Å². The maximum absolute atomic E-state index is 13.2. The van der Waals surface area contributed by atoms with E-state index in [1.165, 1.54) is 6.08 Å². The summed E-state index contributed by atoms with van der Waals surface area (Å²) in [6, 6.07) is 27.7. The number of rotatable bonds is 13. The van der Waals surface area contributed by atoms with Gasteiger partial charge in [-0.3, -0.25) is 4.79 Å².